The van der Waals surface area contributed by atoms with Crippen molar-refractivity contribution in [3.05, 3.63) is 0 Å². The maximum Gasteiger partial charge on any atom is 0.308 e. The Hall–Kier alpha value is -0.530. The summed E-state index contributed by atoms with van der Waals surface area (Å²) >= 11 is 0. The molecule has 0 aliphatic carbocycles. The molecule has 0 saturated carbocycles. The van der Waals surface area contributed by atoms with Gasteiger partial charge in [0, 0.05) is 0 Å². The minimum absolute atomic E-state index is 0.0387. The summed E-state index contributed by atoms with van der Waals surface area (Å²) in [6.45, 7) is 7.00. The maximum absolute atomic E-state index is 11.8. The third-order valence-electron chi connectivity index (χ3n) is 3.09. The zero-order chi connectivity index (χ0) is 12.9. The van der Waals surface area contributed by atoms with E-state index in [0.717, 1.165) is 32.1 Å². The summed E-state index contributed by atoms with van der Waals surface area (Å²) in [6.07, 6.45) is 10.2. The van der Waals surface area contributed by atoms with Gasteiger partial charge in [0.1, 0.15) is 0 Å². The molecule has 0 aliphatic heterocycles. The molecule has 0 saturated heterocycles. The number of hydrogen-bond donors (Lipinski definition) is 0. The highest BCUT2D eigenvalue weighted by Crippen LogP contribution is 2.19. The quantitative estimate of drug-likeness (QED) is 0.387. The molecule has 0 rings (SSSR count). The molecular formula is C15H30O2. The number of unbranched alkanes of at least 4 members (excludes halogenated alkanes) is 4. The van der Waals surface area contributed by atoms with Gasteiger partial charge < -0.3 is 4.74 Å². The van der Waals surface area contributed by atoms with Gasteiger partial charge in [-0.3, -0.25) is 4.79 Å². The highest BCUT2D eigenvalue weighted by atomic mass is 16.5. The molecule has 0 heterocycles. The second-order valence-corrected chi connectivity index (χ2v) is 4.86. The van der Waals surface area contributed by atoms with Crippen LogP contribution < -0.4 is 0 Å². The molecule has 1 atom stereocenters. The van der Waals surface area contributed by atoms with Crippen molar-refractivity contribution in [3.63, 3.8) is 0 Å². The van der Waals surface area contributed by atoms with Crippen molar-refractivity contribution in [2.45, 2.75) is 78.6 Å². The van der Waals surface area contributed by atoms with Gasteiger partial charge in [0.15, 0.2) is 0 Å². The highest BCUT2D eigenvalue weighted by molar-refractivity contribution is 5.72. The molecule has 0 aromatic heterocycles. The Morgan fingerprint density at radius 2 is 1.53 bits per heavy atom. The first-order valence-corrected chi connectivity index (χ1v) is 7.42. The molecule has 0 aliphatic rings. The monoisotopic (exact) mass is 242 g/mol. The molecular weight excluding hydrogens is 212 g/mol. The Kier molecular flexibility index (Phi) is 11.6. The van der Waals surface area contributed by atoms with Crippen molar-refractivity contribution >= 4 is 5.97 Å². The van der Waals surface area contributed by atoms with Crippen LogP contribution in [0, 0.1) is 5.92 Å². The minimum Gasteiger partial charge on any atom is -0.465 e. The largest absolute Gasteiger partial charge is 0.465 e. The molecule has 0 aromatic carbocycles. The normalized spacial score (nSPS) is 12.4. The number of ether oxygens (including phenoxy) is 1. The van der Waals surface area contributed by atoms with Crippen LogP contribution in [-0.4, -0.2) is 12.6 Å². The molecule has 0 fully saturated rings. The smallest absolute Gasteiger partial charge is 0.308 e. The van der Waals surface area contributed by atoms with Gasteiger partial charge in [0.2, 0.25) is 0 Å². The van der Waals surface area contributed by atoms with Gasteiger partial charge in [0.25, 0.3) is 0 Å². The molecule has 2 nitrogen and oxygen atoms in total. The van der Waals surface area contributed by atoms with Crippen LogP contribution in [0.15, 0.2) is 0 Å². The van der Waals surface area contributed by atoms with E-state index in [2.05, 4.69) is 13.8 Å². The third-order valence-corrected chi connectivity index (χ3v) is 3.09. The first kappa shape index (κ1) is 16.5. The summed E-state index contributed by atoms with van der Waals surface area (Å²) in [5, 5.41) is 0. The predicted octanol–water partition coefficient (Wildman–Crippen LogP) is 4.72. The van der Waals surface area contributed by atoms with Crippen molar-refractivity contribution in [3.8, 4) is 0 Å². The summed E-state index contributed by atoms with van der Waals surface area (Å²) in [5.74, 6) is 0.190. The Bertz CT molecular complexity index is 178. The van der Waals surface area contributed by atoms with E-state index in [1.54, 1.807) is 0 Å². The first-order chi connectivity index (χ1) is 8.26. The van der Waals surface area contributed by atoms with Crippen LogP contribution in [0.3, 0.4) is 0 Å². The van der Waals surface area contributed by atoms with Crippen LogP contribution >= 0.6 is 0 Å². The lowest BCUT2D eigenvalue weighted by Gasteiger charge is -2.15. The topological polar surface area (TPSA) is 26.3 Å². The van der Waals surface area contributed by atoms with Crippen LogP contribution in [0.5, 0.6) is 0 Å². The fourth-order valence-electron chi connectivity index (χ4n) is 1.97. The van der Waals surface area contributed by atoms with Crippen LogP contribution in [0.1, 0.15) is 78.6 Å². The number of rotatable bonds is 11. The number of carbonyl (C=O) groups is 1. The van der Waals surface area contributed by atoms with Crippen LogP contribution in [-0.2, 0) is 9.53 Å². The van der Waals surface area contributed by atoms with E-state index in [0.29, 0.717) is 6.61 Å². The van der Waals surface area contributed by atoms with E-state index in [9.17, 15) is 4.79 Å². The zero-order valence-electron chi connectivity index (χ0n) is 12.0. The molecule has 2 heteroatoms. The van der Waals surface area contributed by atoms with Gasteiger partial charge in [-0.15, -0.1) is 0 Å². The Labute approximate surface area is 107 Å². The standard InChI is InChI=1S/C15H30O2/c1-4-7-9-10-12-14(11-8-5-2)15(16)17-13-6-3/h14H,4-13H2,1-3H3. The van der Waals surface area contributed by atoms with Crippen LogP contribution in [0.4, 0.5) is 0 Å². The van der Waals surface area contributed by atoms with Crippen molar-refractivity contribution in [1.82, 2.24) is 0 Å². The lowest BCUT2D eigenvalue weighted by molar-refractivity contribution is -0.149. The Balaban J connectivity index is 3.89. The Morgan fingerprint density at radius 3 is 2.12 bits per heavy atom. The lowest BCUT2D eigenvalue weighted by Crippen LogP contribution is -2.18. The summed E-state index contributed by atoms with van der Waals surface area (Å²) < 4.78 is 5.27. The third kappa shape index (κ3) is 9.20. The van der Waals surface area contributed by atoms with Gasteiger partial charge >= 0.3 is 5.97 Å². The molecule has 102 valence electrons. The van der Waals surface area contributed by atoms with Gasteiger partial charge in [-0.05, 0) is 19.3 Å². The molecule has 0 N–H and O–H groups in total. The van der Waals surface area contributed by atoms with Crippen LogP contribution in [0.2, 0.25) is 0 Å². The van der Waals surface area contributed by atoms with Gasteiger partial charge in [0.05, 0.1) is 12.5 Å². The molecule has 1 unspecified atom stereocenters. The predicted molar refractivity (Wildman–Crippen MR) is 73.0 cm³/mol. The van der Waals surface area contributed by atoms with Crippen molar-refractivity contribution in [1.29, 1.82) is 0 Å². The number of esters is 1. The fourth-order valence-corrected chi connectivity index (χ4v) is 1.97. The van der Waals surface area contributed by atoms with E-state index in [1.165, 1.54) is 25.7 Å². The SMILES string of the molecule is CCCCCCC(CCCC)C(=O)OCCC. The summed E-state index contributed by atoms with van der Waals surface area (Å²) in [7, 11) is 0. The van der Waals surface area contributed by atoms with Gasteiger partial charge in [-0.1, -0.05) is 59.3 Å². The average molecular weight is 242 g/mol. The Morgan fingerprint density at radius 1 is 0.882 bits per heavy atom. The zero-order valence-corrected chi connectivity index (χ0v) is 12.0. The molecule has 0 radical (unpaired) electrons. The van der Waals surface area contributed by atoms with Crippen molar-refractivity contribution < 1.29 is 9.53 Å². The van der Waals surface area contributed by atoms with E-state index in [-0.39, 0.29) is 11.9 Å². The van der Waals surface area contributed by atoms with Gasteiger partial charge in [-0.2, -0.15) is 0 Å². The number of hydrogen-bond acceptors (Lipinski definition) is 2. The summed E-state index contributed by atoms with van der Waals surface area (Å²) in [4.78, 5) is 11.8. The van der Waals surface area contributed by atoms with Crippen molar-refractivity contribution in [2.75, 3.05) is 6.61 Å². The van der Waals surface area contributed by atoms with Crippen LogP contribution in [0.25, 0.3) is 0 Å². The van der Waals surface area contributed by atoms with E-state index in [1.807, 2.05) is 6.92 Å². The number of carbonyl (C=O) groups excluding carboxylic acids is 1. The average Bonchev–Trinajstić information content (AvgIpc) is 2.35. The van der Waals surface area contributed by atoms with E-state index < -0.39 is 0 Å². The molecule has 0 aromatic rings. The van der Waals surface area contributed by atoms with Crippen molar-refractivity contribution in [2.24, 2.45) is 5.92 Å². The van der Waals surface area contributed by atoms with E-state index in [4.69, 9.17) is 4.74 Å². The van der Waals surface area contributed by atoms with Gasteiger partial charge in [-0.25, -0.2) is 0 Å². The summed E-state index contributed by atoms with van der Waals surface area (Å²) in [6, 6.07) is 0. The molecule has 17 heavy (non-hydrogen) atoms. The summed E-state index contributed by atoms with van der Waals surface area (Å²) in [5.41, 5.74) is 0. The molecule has 0 amide bonds. The minimum atomic E-state index is 0.0387. The van der Waals surface area contributed by atoms with E-state index >= 15 is 0 Å². The molecule has 0 spiro atoms. The first-order valence-electron chi connectivity index (χ1n) is 7.42. The maximum atomic E-state index is 11.8. The second kappa shape index (κ2) is 11.9. The highest BCUT2D eigenvalue weighted by Gasteiger charge is 2.18. The lowest BCUT2D eigenvalue weighted by atomic mass is 9.95. The molecule has 0 bridgehead atoms. The fraction of sp³-hybridized carbons (Fsp3) is 0.933. The second-order valence-electron chi connectivity index (χ2n) is 4.86.